The Labute approximate surface area is 107 Å². The maximum Gasteiger partial charge on any atom is 0.125 e. The van der Waals surface area contributed by atoms with Gasteiger partial charge < -0.3 is 10.2 Å². The van der Waals surface area contributed by atoms with Crippen molar-refractivity contribution in [3.63, 3.8) is 0 Å². The Hall–Kier alpha value is -0.740. The fourth-order valence-electron chi connectivity index (χ4n) is 2.13. The van der Waals surface area contributed by atoms with Crippen LogP contribution in [0.3, 0.4) is 0 Å². The second kappa shape index (κ2) is 6.26. The monoisotopic (exact) mass is 254 g/mol. The molecule has 1 heterocycles. The van der Waals surface area contributed by atoms with Gasteiger partial charge in [0.2, 0.25) is 0 Å². The van der Waals surface area contributed by atoms with Crippen LogP contribution >= 0.6 is 11.8 Å². The first-order chi connectivity index (χ1) is 8.29. The normalized spacial score (nSPS) is 16.9. The quantitative estimate of drug-likeness (QED) is 0.892. The first kappa shape index (κ1) is 12.7. The Morgan fingerprint density at radius 3 is 3.00 bits per heavy atom. The number of anilines is 1. The van der Waals surface area contributed by atoms with Crippen LogP contribution in [0.1, 0.15) is 12.0 Å². The summed E-state index contributed by atoms with van der Waals surface area (Å²) in [6, 6.07) is 5.34. The van der Waals surface area contributed by atoms with E-state index in [1.807, 2.05) is 18.8 Å². The highest BCUT2D eigenvalue weighted by Crippen LogP contribution is 2.22. The number of hydrogen-bond donors (Lipinski definition) is 1. The SMILES string of the molecule is CNCc1cc(F)cc(N2CCCSCC2)c1. The summed E-state index contributed by atoms with van der Waals surface area (Å²) in [5, 5.41) is 3.06. The Morgan fingerprint density at radius 2 is 2.18 bits per heavy atom. The van der Waals surface area contributed by atoms with Gasteiger partial charge in [-0.05, 0) is 43.0 Å². The van der Waals surface area contributed by atoms with Crippen LogP contribution in [-0.4, -0.2) is 31.6 Å². The fourth-order valence-corrected chi connectivity index (χ4v) is 3.01. The van der Waals surface area contributed by atoms with Gasteiger partial charge in [0, 0.05) is 31.1 Å². The van der Waals surface area contributed by atoms with E-state index in [1.54, 1.807) is 12.1 Å². The second-order valence-corrected chi connectivity index (χ2v) is 5.53. The molecule has 94 valence electrons. The van der Waals surface area contributed by atoms with Gasteiger partial charge >= 0.3 is 0 Å². The molecule has 1 saturated heterocycles. The molecule has 0 atom stereocenters. The Balaban J connectivity index is 2.17. The van der Waals surface area contributed by atoms with Crippen LogP contribution in [0, 0.1) is 5.82 Å². The lowest BCUT2D eigenvalue weighted by Gasteiger charge is -2.23. The van der Waals surface area contributed by atoms with Crippen LogP contribution in [0.5, 0.6) is 0 Å². The lowest BCUT2D eigenvalue weighted by Crippen LogP contribution is -2.25. The predicted octanol–water partition coefficient (Wildman–Crippen LogP) is 2.49. The number of nitrogens with one attached hydrogen (secondary N) is 1. The van der Waals surface area contributed by atoms with Gasteiger partial charge in [-0.15, -0.1) is 0 Å². The molecule has 0 bridgehead atoms. The van der Waals surface area contributed by atoms with E-state index in [0.717, 1.165) is 30.1 Å². The summed E-state index contributed by atoms with van der Waals surface area (Å²) in [4.78, 5) is 2.29. The van der Waals surface area contributed by atoms with Crippen LogP contribution in [0.15, 0.2) is 18.2 Å². The molecule has 2 rings (SSSR count). The van der Waals surface area contributed by atoms with Crippen LogP contribution in [0.25, 0.3) is 0 Å². The van der Waals surface area contributed by atoms with Crippen LogP contribution in [-0.2, 0) is 6.54 Å². The zero-order chi connectivity index (χ0) is 12.1. The molecule has 0 aromatic heterocycles. The van der Waals surface area contributed by atoms with Gasteiger partial charge in [-0.25, -0.2) is 4.39 Å². The topological polar surface area (TPSA) is 15.3 Å². The van der Waals surface area contributed by atoms with Gasteiger partial charge in [0.15, 0.2) is 0 Å². The Bertz CT molecular complexity index is 362. The minimum Gasteiger partial charge on any atom is -0.371 e. The van der Waals surface area contributed by atoms with Gasteiger partial charge in [0.1, 0.15) is 5.82 Å². The Kier molecular flexibility index (Phi) is 4.68. The molecule has 1 aliphatic rings. The first-order valence-electron chi connectivity index (χ1n) is 6.06. The minimum absolute atomic E-state index is 0.135. The van der Waals surface area contributed by atoms with Crippen LogP contribution in [0.4, 0.5) is 10.1 Å². The summed E-state index contributed by atoms with van der Waals surface area (Å²) in [5.41, 5.74) is 2.04. The Morgan fingerprint density at radius 1 is 1.29 bits per heavy atom. The van der Waals surface area contributed by atoms with Crippen molar-refractivity contribution in [1.29, 1.82) is 0 Å². The molecule has 0 amide bonds. The number of halogens is 1. The number of hydrogen-bond acceptors (Lipinski definition) is 3. The van der Waals surface area contributed by atoms with Crippen molar-refractivity contribution in [3.8, 4) is 0 Å². The zero-order valence-electron chi connectivity index (χ0n) is 10.2. The van der Waals surface area contributed by atoms with Crippen molar-refractivity contribution >= 4 is 17.4 Å². The molecule has 1 aromatic carbocycles. The van der Waals surface area contributed by atoms with E-state index in [1.165, 1.54) is 12.2 Å². The second-order valence-electron chi connectivity index (χ2n) is 4.30. The van der Waals surface area contributed by atoms with Crippen molar-refractivity contribution in [2.75, 3.05) is 36.5 Å². The lowest BCUT2D eigenvalue weighted by molar-refractivity contribution is 0.622. The zero-order valence-corrected chi connectivity index (χ0v) is 11.0. The smallest absolute Gasteiger partial charge is 0.125 e. The number of benzene rings is 1. The van der Waals surface area contributed by atoms with Crippen molar-refractivity contribution in [2.24, 2.45) is 0 Å². The van der Waals surface area contributed by atoms with Gasteiger partial charge in [-0.2, -0.15) is 11.8 Å². The van der Waals surface area contributed by atoms with Crippen molar-refractivity contribution < 1.29 is 4.39 Å². The van der Waals surface area contributed by atoms with E-state index in [2.05, 4.69) is 16.3 Å². The molecule has 1 N–H and O–H groups in total. The third-order valence-electron chi connectivity index (χ3n) is 2.91. The standard InChI is InChI=1S/C13H19FN2S/c1-15-10-11-7-12(14)9-13(8-11)16-3-2-5-17-6-4-16/h7-9,15H,2-6,10H2,1H3. The van der Waals surface area contributed by atoms with Gasteiger partial charge in [-0.3, -0.25) is 0 Å². The van der Waals surface area contributed by atoms with Crippen molar-refractivity contribution in [2.45, 2.75) is 13.0 Å². The third kappa shape index (κ3) is 3.61. The summed E-state index contributed by atoms with van der Waals surface area (Å²) in [5.74, 6) is 2.22. The van der Waals surface area contributed by atoms with Crippen LogP contribution in [0.2, 0.25) is 0 Å². The molecular weight excluding hydrogens is 235 g/mol. The summed E-state index contributed by atoms with van der Waals surface area (Å²) >= 11 is 1.99. The first-order valence-corrected chi connectivity index (χ1v) is 7.22. The van der Waals surface area contributed by atoms with E-state index in [0.29, 0.717) is 6.54 Å². The van der Waals surface area contributed by atoms with Gasteiger partial charge in [0.05, 0.1) is 0 Å². The minimum atomic E-state index is -0.135. The van der Waals surface area contributed by atoms with Crippen molar-refractivity contribution in [1.82, 2.24) is 5.32 Å². The molecule has 2 nitrogen and oxygen atoms in total. The van der Waals surface area contributed by atoms with Gasteiger partial charge in [0.25, 0.3) is 0 Å². The average molecular weight is 254 g/mol. The number of thioether (sulfide) groups is 1. The van der Waals surface area contributed by atoms with Gasteiger partial charge in [-0.1, -0.05) is 0 Å². The molecule has 17 heavy (non-hydrogen) atoms. The summed E-state index contributed by atoms with van der Waals surface area (Å²) in [6.07, 6.45) is 1.18. The molecule has 0 unspecified atom stereocenters. The average Bonchev–Trinajstić information content (AvgIpc) is 2.57. The highest BCUT2D eigenvalue weighted by Gasteiger charge is 2.11. The molecule has 4 heteroatoms. The molecule has 0 aliphatic carbocycles. The highest BCUT2D eigenvalue weighted by atomic mass is 32.2. The summed E-state index contributed by atoms with van der Waals surface area (Å²) in [7, 11) is 1.88. The largest absolute Gasteiger partial charge is 0.371 e. The van der Waals surface area contributed by atoms with E-state index in [4.69, 9.17) is 0 Å². The molecule has 0 radical (unpaired) electrons. The molecular formula is C13H19FN2S. The van der Waals surface area contributed by atoms with E-state index >= 15 is 0 Å². The molecule has 0 saturated carbocycles. The number of nitrogens with zero attached hydrogens (tertiary/aromatic N) is 1. The third-order valence-corrected chi connectivity index (χ3v) is 3.96. The van der Waals surface area contributed by atoms with E-state index in [-0.39, 0.29) is 5.82 Å². The highest BCUT2D eigenvalue weighted by molar-refractivity contribution is 7.99. The fraction of sp³-hybridized carbons (Fsp3) is 0.538. The summed E-state index contributed by atoms with van der Waals surface area (Å²) in [6.45, 7) is 2.77. The molecule has 0 spiro atoms. The number of rotatable bonds is 3. The van der Waals surface area contributed by atoms with Crippen LogP contribution < -0.4 is 10.2 Å². The van der Waals surface area contributed by atoms with E-state index in [9.17, 15) is 4.39 Å². The predicted molar refractivity (Wildman–Crippen MR) is 73.3 cm³/mol. The maximum atomic E-state index is 13.5. The summed E-state index contributed by atoms with van der Waals surface area (Å²) < 4.78 is 13.5. The van der Waals surface area contributed by atoms with E-state index < -0.39 is 0 Å². The molecule has 1 fully saturated rings. The molecule has 1 aromatic rings. The lowest BCUT2D eigenvalue weighted by atomic mass is 10.1. The van der Waals surface area contributed by atoms with Crippen molar-refractivity contribution in [3.05, 3.63) is 29.6 Å². The molecule has 1 aliphatic heterocycles. The maximum absolute atomic E-state index is 13.5.